The van der Waals surface area contributed by atoms with E-state index in [0.717, 1.165) is 38.0 Å². The first-order valence-corrected chi connectivity index (χ1v) is 6.69. The van der Waals surface area contributed by atoms with Crippen LogP contribution < -0.4 is 16.0 Å². The Labute approximate surface area is 112 Å². The molecule has 1 atom stereocenters. The maximum Gasteiger partial charge on any atom is 0.221 e. The zero-order valence-corrected chi connectivity index (χ0v) is 11.1. The number of hydrogen-bond acceptors (Lipinski definition) is 3. The van der Waals surface area contributed by atoms with Gasteiger partial charge in [-0.1, -0.05) is 0 Å². The highest BCUT2D eigenvalue weighted by Crippen LogP contribution is 2.21. The highest BCUT2D eigenvalue weighted by Gasteiger charge is 2.12. The Morgan fingerprint density at radius 3 is 3.00 bits per heavy atom. The van der Waals surface area contributed by atoms with Gasteiger partial charge in [0.05, 0.1) is 5.69 Å². The maximum absolute atomic E-state index is 13.5. The maximum atomic E-state index is 13.5. The molecule has 19 heavy (non-hydrogen) atoms. The molecular formula is C14H20FN3O. The molecule has 1 heterocycles. The predicted molar refractivity (Wildman–Crippen MR) is 74.8 cm³/mol. The van der Waals surface area contributed by atoms with Crippen molar-refractivity contribution in [1.29, 1.82) is 0 Å². The van der Waals surface area contributed by atoms with Crippen molar-refractivity contribution in [2.45, 2.75) is 32.2 Å². The molecule has 1 aromatic rings. The number of carbonyl (C=O) groups is 1. The molecule has 0 aliphatic carbocycles. The molecule has 1 fully saturated rings. The van der Waals surface area contributed by atoms with Crippen LogP contribution >= 0.6 is 0 Å². The number of benzene rings is 1. The summed E-state index contributed by atoms with van der Waals surface area (Å²) in [5.41, 5.74) is 1.07. The zero-order valence-electron chi connectivity index (χ0n) is 11.1. The third-order valence-corrected chi connectivity index (χ3v) is 3.22. The van der Waals surface area contributed by atoms with Gasteiger partial charge >= 0.3 is 0 Å². The molecule has 1 saturated heterocycles. The minimum atomic E-state index is -0.414. The van der Waals surface area contributed by atoms with E-state index in [9.17, 15) is 9.18 Å². The number of hydrogen-bond donors (Lipinski definition) is 3. The summed E-state index contributed by atoms with van der Waals surface area (Å²) < 4.78 is 13.5. The van der Waals surface area contributed by atoms with Crippen LogP contribution in [0, 0.1) is 5.82 Å². The third-order valence-electron chi connectivity index (χ3n) is 3.22. The van der Waals surface area contributed by atoms with Gasteiger partial charge in [-0.05, 0) is 50.6 Å². The van der Waals surface area contributed by atoms with E-state index in [4.69, 9.17) is 0 Å². The molecule has 1 unspecified atom stereocenters. The van der Waals surface area contributed by atoms with Gasteiger partial charge in [0.25, 0.3) is 0 Å². The van der Waals surface area contributed by atoms with Gasteiger partial charge in [-0.2, -0.15) is 0 Å². The lowest BCUT2D eigenvalue weighted by atomic mass is 10.1. The van der Waals surface area contributed by atoms with Crippen molar-refractivity contribution in [3.8, 4) is 0 Å². The second-order valence-corrected chi connectivity index (χ2v) is 4.90. The van der Waals surface area contributed by atoms with Gasteiger partial charge in [0.2, 0.25) is 5.91 Å². The van der Waals surface area contributed by atoms with E-state index in [1.54, 1.807) is 12.1 Å². The fourth-order valence-corrected chi connectivity index (χ4v) is 2.30. The van der Waals surface area contributed by atoms with Crippen LogP contribution in [0.1, 0.15) is 26.2 Å². The number of rotatable bonds is 3. The summed E-state index contributed by atoms with van der Waals surface area (Å²) in [6.07, 6.45) is 3.28. The first-order valence-electron chi connectivity index (χ1n) is 6.69. The first kappa shape index (κ1) is 13.8. The van der Waals surface area contributed by atoms with Crippen LogP contribution in [0.25, 0.3) is 0 Å². The van der Waals surface area contributed by atoms with E-state index < -0.39 is 5.82 Å². The molecule has 1 aromatic carbocycles. The Morgan fingerprint density at radius 1 is 1.37 bits per heavy atom. The number of amides is 1. The summed E-state index contributed by atoms with van der Waals surface area (Å²) in [6.45, 7) is 3.42. The Morgan fingerprint density at radius 2 is 2.21 bits per heavy atom. The summed E-state index contributed by atoms with van der Waals surface area (Å²) in [6, 6.07) is 5.13. The fourth-order valence-electron chi connectivity index (χ4n) is 2.30. The summed E-state index contributed by atoms with van der Waals surface area (Å²) in [5, 5.41) is 9.25. The molecular weight excluding hydrogens is 245 g/mol. The number of anilines is 2. The molecule has 5 heteroatoms. The number of halogens is 1. The quantitative estimate of drug-likeness (QED) is 0.786. The molecule has 0 aromatic heterocycles. The molecule has 3 N–H and O–H groups in total. The molecule has 1 amide bonds. The SMILES string of the molecule is CC(=O)Nc1cc(NC2CCCNCC2)ccc1F. The van der Waals surface area contributed by atoms with Crippen molar-refractivity contribution < 1.29 is 9.18 Å². The standard InChI is InChI=1S/C14H20FN3O/c1-10(19)17-14-9-12(4-5-13(14)15)18-11-3-2-7-16-8-6-11/h4-5,9,11,16,18H,2-3,6-8H2,1H3,(H,17,19). The second kappa shape index (κ2) is 6.52. The first-order chi connectivity index (χ1) is 9.15. The van der Waals surface area contributed by atoms with E-state index in [0.29, 0.717) is 6.04 Å². The van der Waals surface area contributed by atoms with Crippen LogP contribution in [0.2, 0.25) is 0 Å². The lowest BCUT2D eigenvalue weighted by Gasteiger charge is -2.18. The van der Waals surface area contributed by atoms with Crippen LogP contribution in [0.3, 0.4) is 0 Å². The van der Waals surface area contributed by atoms with E-state index in [1.807, 2.05) is 0 Å². The second-order valence-electron chi connectivity index (χ2n) is 4.90. The lowest BCUT2D eigenvalue weighted by Crippen LogP contribution is -2.21. The summed E-state index contributed by atoms with van der Waals surface area (Å²) in [5.74, 6) is -0.682. The summed E-state index contributed by atoms with van der Waals surface area (Å²) in [7, 11) is 0. The van der Waals surface area contributed by atoms with Gasteiger partial charge in [0.1, 0.15) is 5.82 Å². The lowest BCUT2D eigenvalue weighted by molar-refractivity contribution is -0.114. The zero-order chi connectivity index (χ0) is 13.7. The molecule has 0 bridgehead atoms. The highest BCUT2D eigenvalue weighted by molar-refractivity contribution is 5.89. The van der Waals surface area contributed by atoms with Gasteiger partial charge in [0.15, 0.2) is 0 Å². The summed E-state index contributed by atoms with van der Waals surface area (Å²) >= 11 is 0. The normalized spacial score (nSPS) is 19.6. The minimum absolute atomic E-state index is 0.226. The Bertz CT molecular complexity index is 442. The average molecular weight is 265 g/mol. The highest BCUT2D eigenvalue weighted by atomic mass is 19.1. The number of nitrogens with one attached hydrogen (secondary N) is 3. The van der Waals surface area contributed by atoms with Gasteiger partial charge < -0.3 is 16.0 Å². The molecule has 0 saturated carbocycles. The predicted octanol–water partition coefficient (Wildman–Crippen LogP) is 2.34. The van der Waals surface area contributed by atoms with Crippen LogP contribution in [-0.4, -0.2) is 25.0 Å². The molecule has 1 aliphatic heterocycles. The van der Waals surface area contributed by atoms with Gasteiger partial charge in [-0.25, -0.2) is 4.39 Å². The molecule has 4 nitrogen and oxygen atoms in total. The van der Waals surface area contributed by atoms with Gasteiger partial charge in [0, 0.05) is 18.7 Å². The fraction of sp³-hybridized carbons (Fsp3) is 0.500. The Balaban J connectivity index is 2.05. The van der Waals surface area contributed by atoms with Crippen LogP contribution in [0.15, 0.2) is 18.2 Å². The van der Waals surface area contributed by atoms with Crippen molar-refractivity contribution >= 4 is 17.3 Å². The third kappa shape index (κ3) is 4.21. The molecule has 0 spiro atoms. The number of carbonyl (C=O) groups excluding carboxylic acids is 1. The molecule has 1 aliphatic rings. The van der Waals surface area contributed by atoms with Crippen molar-refractivity contribution in [3.63, 3.8) is 0 Å². The molecule has 0 radical (unpaired) electrons. The molecule has 2 rings (SSSR count). The minimum Gasteiger partial charge on any atom is -0.382 e. The van der Waals surface area contributed by atoms with Crippen molar-refractivity contribution in [2.24, 2.45) is 0 Å². The Hall–Kier alpha value is -1.62. The van der Waals surface area contributed by atoms with E-state index >= 15 is 0 Å². The van der Waals surface area contributed by atoms with E-state index in [-0.39, 0.29) is 11.6 Å². The Kier molecular flexibility index (Phi) is 4.74. The average Bonchev–Trinajstić information content (AvgIpc) is 2.61. The van der Waals surface area contributed by atoms with Crippen LogP contribution in [-0.2, 0) is 4.79 Å². The van der Waals surface area contributed by atoms with Crippen molar-refractivity contribution in [1.82, 2.24) is 5.32 Å². The van der Waals surface area contributed by atoms with Crippen LogP contribution in [0.5, 0.6) is 0 Å². The van der Waals surface area contributed by atoms with Crippen molar-refractivity contribution in [2.75, 3.05) is 23.7 Å². The van der Waals surface area contributed by atoms with Crippen LogP contribution in [0.4, 0.5) is 15.8 Å². The largest absolute Gasteiger partial charge is 0.382 e. The van der Waals surface area contributed by atoms with Gasteiger partial charge in [-0.15, -0.1) is 0 Å². The summed E-state index contributed by atoms with van der Waals surface area (Å²) in [4.78, 5) is 11.0. The van der Waals surface area contributed by atoms with Gasteiger partial charge in [-0.3, -0.25) is 4.79 Å². The topological polar surface area (TPSA) is 53.2 Å². The van der Waals surface area contributed by atoms with E-state index in [1.165, 1.54) is 13.0 Å². The molecule has 104 valence electrons. The van der Waals surface area contributed by atoms with Crippen molar-refractivity contribution in [3.05, 3.63) is 24.0 Å². The monoisotopic (exact) mass is 265 g/mol. The van der Waals surface area contributed by atoms with E-state index in [2.05, 4.69) is 16.0 Å². The smallest absolute Gasteiger partial charge is 0.221 e.